The zero-order valence-corrected chi connectivity index (χ0v) is 10.7. The number of fused-ring (bicyclic) bond motifs is 1. The van der Waals surface area contributed by atoms with Crippen LogP contribution in [0.1, 0.15) is 25.7 Å². The van der Waals surface area contributed by atoms with Crippen molar-refractivity contribution < 1.29 is 14.3 Å². The van der Waals surface area contributed by atoms with Gasteiger partial charge in [0.05, 0.1) is 13.0 Å². The van der Waals surface area contributed by atoms with Crippen molar-refractivity contribution in [1.29, 1.82) is 0 Å². The van der Waals surface area contributed by atoms with E-state index in [0.717, 1.165) is 32.2 Å². The molecule has 0 aromatic rings. The highest BCUT2D eigenvalue weighted by molar-refractivity contribution is 5.82. The SMILES string of the molecule is COC(=O)C(C1CC1)N1CCCC2C(=O)NCC21. The minimum atomic E-state index is -0.129. The highest BCUT2D eigenvalue weighted by Gasteiger charge is 2.49. The van der Waals surface area contributed by atoms with E-state index in [4.69, 9.17) is 4.74 Å². The van der Waals surface area contributed by atoms with E-state index in [2.05, 4.69) is 10.2 Å². The lowest BCUT2D eigenvalue weighted by atomic mass is 9.89. The van der Waals surface area contributed by atoms with Crippen LogP contribution in [0.5, 0.6) is 0 Å². The molecule has 100 valence electrons. The number of piperidine rings is 1. The number of esters is 1. The second-order valence-electron chi connectivity index (χ2n) is 5.60. The molecule has 2 saturated heterocycles. The van der Waals surface area contributed by atoms with Crippen LogP contribution in [0.3, 0.4) is 0 Å². The Kier molecular flexibility index (Phi) is 3.01. The van der Waals surface area contributed by atoms with Crippen LogP contribution >= 0.6 is 0 Å². The summed E-state index contributed by atoms with van der Waals surface area (Å²) in [5.41, 5.74) is 0. The van der Waals surface area contributed by atoms with Crippen molar-refractivity contribution >= 4 is 11.9 Å². The van der Waals surface area contributed by atoms with Crippen molar-refractivity contribution in [3.63, 3.8) is 0 Å². The first kappa shape index (κ1) is 12.0. The summed E-state index contributed by atoms with van der Waals surface area (Å²) in [6.07, 6.45) is 4.16. The van der Waals surface area contributed by atoms with Gasteiger partial charge in [0.25, 0.3) is 0 Å². The highest BCUT2D eigenvalue weighted by atomic mass is 16.5. The van der Waals surface area contributed by atoms with Crippen LogP contribution in [0.2, 0.25) is 0 Å². The highest BCUT2D eigenvalue weighted by Crippen LogP contribution is 2.40. The van der Waals surface area contributed by atoms with Crippen LogP contribution in [0.4, 0.5) is 0 Å². The largest absolute Gasteiger partial charge is 0.468 e. The van der Waals surface area contributed by atoms with Crippen molar-refractivity contribution in [3.8, 4) is 0 Å². The lowest BCUT2D eigenvalue weighted by molar-refractivity contribution is -0.150. The topological polar surface area (TPSA) is 58.6 Å². The predicted molar refractivity (Wildman–Crippen MR) is 64.8 cm³/mol. The van der Waals surface area contributed by atoms with Crippen molar-refractivity contribution in [3.05, 3.63) is 0 Å². The van der Waals surface area contributed by atoms with E-state index in [1.54, 1.807) is 0 Å². The normalized spacial score (nSPS) is 33.7. The first-order chi connectivity index (χ1) is 8.72. The predicted octanol–water partition coefficient (Wildman–Crippen LogP) is 0.148. The first-order valence-corrected chi connectivity index (χ1v) is 6.83. The van der Waals surface area contributed by atoms with Gasteiger partial charge in [-0.3, -0.25) is 14.5 Å². The number of nitrogens with zero attached hydrogens (tertiary/aromatic N) is 1. The number of ether oxygens (including phenoxy) is 1. The van der Waals surface area contributed by atoms with Gasteiger partial charge >= 0.3 is 5.97 Å². The minimum Gasteiger partial charge on any atom is -0.468 e. The van der Waals surface area contributed by atoms with E-state index in [0.29, 0.717) is 12.5 Å². The standard InChI is InChI=1S/C13H20N2O3/c1-18-13(17)11(8-4-5-8)15-6-2-3-9-10(15)7-14-12(9)16/h8-11H,2-7H2,1H3,(H,14,16). The molecule has 5 heteroatoms. The average molecular weight is 252 g/mol. The molecule has 3 unspecified atom stereocenters. The van der Waals surface area contributed by atoms with Crippen LogP contribution < -0.4 is 5.32 Å². The molecule has 3 fully saturated rings. The van der Waals surface area contributed by atoms with Gasteiger partial charge in [-0.2, -0.15) is 0 Å². The van der Waals surface area contributed by atoms with Gasteiger partial charge in [-0.25, -0.2) is 0 Å². The van der Waals surface area contributed by atoms with Gasteiger partial charge in [0.15, 0.2) is 0 Å². The molecule has 0 radical (unpaired) electrons. The smallest absolute Gasteiger partial charge is 0.323 e. The van der Waals surface area contributed by atoms with Crippen molar-refractivity contribution in [1.82, 2.24) is 10.2 Å². The fraction of sp³-hybridized carbons (Fsp3) is 0.846. The van der Waals surface area contributed by atoms with Gasteiger partial charge in [0.1, 0.15) is 6.04 Å². The van der Waals surface area contributed by atoms with Gasteiger partial charge in [0, 0.05) is 12.6 Å². The van der Waals surface area contributed by atoms with E-state index >= 15 is 0 Å². The monoisotopic (exact) mass is 252 g/mol. The first-order valence-electron chi connectivity index (χ1n) is 6.83. The number of hydrogen-bond donors (Lipinski definition) is 1. The fourth-order valence-electron chi connectivity index (χ4n) is 3.46. The molecule has 3 aliphatic rings. The van der Waals surface area contributed by atoms with E-state index in [-0.39, 0.29) is 29.9 Å². The van der Waals surface area contributed by atoms with Crippen LogP contribution in [0, 0.1) is 11.8 Å². The van der Waals surface area contributed by atoms with E-state index < -0.39 is 0 Å². The van der Waals surface area contributed by atoms with Gasteiger partial charge in [0.2, 0.25) is 5.91 Å². The van der Waals surface area contributed by atoms with Crippen LogP contribution in [-0.2, 0) is 14.3 Å². The average Bonchev–Trinajstić information content (AvgIpc) is 3.14. The van der Waals surface area contributed by atoms with Crippen molar-refractivity contribution in [2.24, 2.45) is 11.8 Å². The van der Waals surface area contributed by atoms with Gasteiger partial charge in [-0.05, 0) is 38.1 Å². The second-order valence-corrected chi connectivity index (χ2v) is 5.60. The lowest BCUT2D eigenvalue weighted by Gasteiger charge is -2.40. The molecule has 1 amide bonds. The minimum absolute atomic E-state index is 0.0738. The number of carbonyl (C=O) groups is 2. The Morgan fingerprint density at radius 3 is 2.89 bits per heavy atom. The molecule has 1 N–H and O–H groups in total. The molecule has 1 saturated carbocycles. The molecule has 0 bridgehead atoms. The summed E-state index contributed by atoms with van der Waals surface area (Å²) in [6.45, 7) is 1.59. The molecular formula is C13H20N2O3. The number of nitrogens with one attached hydrogen (secondary N) is 1. The Morgan fingerprint density at radius 2 is 2.22 bits per heavy atom. The molecular weight excluding hydrogens is 232 g/mol. The van der Waals surface area contributed by atoms with Crippen molar-refractivity contribution in [2.45, 2.75) is 37.8 Å². The van der Waals surface area contributed by atoms with Crippen molar-refractivity contribution in [2.75, 3.05) is 20.2 Å². The molecule has 2 aliphatic heterocycles. The van der Waals surface area contributed by atoms with E-state index in [1.165, 1.54) is 7.11 Å². The zero-order valence-electron chi connectivity index (χ0n) is 10.7. The molecule has 5 nitrogen and oxygen atoms in total. The van der Waals surface area contributed by atoms with Gasteiger partial charge in [-0.1, -0.05) is 0 Å². The number of rotatable bonds is 3. The number of likely N-dealkylation sites (tertiary alicyclic amines) is 1. The molecule has 0 aromatic heterocycles. The Hall–Kier alpha value is -1.10. The summed E-state index contributed by atoms with van der Waals surface area (Å²) >= 11 is 0. The number of amides is 1. The second kappa shape index (κ2) is 4.53. The van der Waals surface area contributed by atoms with E-state index in [9.17, 15) is 9.59 Å². The molecule has 1 aliphatic carbocycles. The van der Waals surface area contributed by atoms with Gasteiger partial charge < -0.3 is 10.1 Å². The summed E-state index contributed by atoms with van der Waals surface area (Å²) in [6, 6.07) is 0.0615. The number of hydrogen-bond acceptors (Lipinski definition) is 4. The number of carbonyl (C=O) groups excluding carboxylic acids is 2. The number of methoxy groups -OCH3 is 1. The summed E-state index contributed by atoms with van der Waals surface area (Å²) in [5, 5.41) is 2.93. The van der Waals surface area contributed by atoms with Crippen LogP contribution in [-0.4, -0.2) is 49.1 Å². The Bertz CT molecular complexity index is 367. The molecule has 3 rings (SSSR count). The van der Waals surface area contributed by atoms with Crippen LogP contribution in [0.15, 0.2) is 0 Å². The zero-order chi connectivity index (χ0) is 12.7. The summed E-state index contributed by atoms with van der Waals surface area (Å²) in [7, 11) is 1.46. The fourth-order valence-corrected chi connectivity index (χ4v) is 3.46. The Balaban J connectivity index is 1.80. The maximum atomic E-state index is 12.0. The Morgan fingerprint density at radius 1 is 1.44 bits per heavy atom. The maximum Gasteiger partial charge on any atom is 0.323 e. The Labute approximate surface area is 107 Å². The molecule has 0 aromatic carbocycles. The third-order valence-corrected chi connectivity index (χ3v) is 4.51. The molecule has 3 atom stereocenters. The quantitative estimate of drug-likeness (QED) is 0.726. The maximum absolute atomic E-state index is 12.0. The summed E-state index contributed by atoms with van der Waals surface area (Å²) < 4.78 is 4.96. The van der Waals surface area contributed by atoms with E-state index in [1.807, 2.05) is 0 Å². The molecule has 18 heavy (non-hydrogen) atoms. The third kappa shape index (κ3) is 1.90. The van der Waals surface area contributed by atoms with Gasteiger partial charge in [-0.15, -0.1) is 0 Å². The third-order valence-electron chi connectivity index (χ3n) is 4.51. The lowest BCUT2D eigenvalue weighted by Crippen LogP contribution is -2.54. The summed E-state index contributed by atoms with van der Waals surface area (Å²) in [5.74, 6) is 0.540. The van der Waals surface area contributed by atoms with Crippen LogP contribution in [0.25, 0.3) is 0 Å². The molecule has 2 heterocycles. The summed E-state index contributed by atoms with van der Waals surface area (Å²) in [4.78, 5) is 26.0. The molecule has 0 spiro atoms.